The fraction of sp³-hybridized carbons (Fsp3) is 0.391. The minimum Gasteiger partial charge on any atom is -0.493 e. The Kier molecular flexibility index (Phi) is 6.11. The summed E-state index contributed by atoms with van der Waals surface area (Å²) in [7, 11) is 3.22. The molecule has 2 aromatic rings. The van der Waals surface area contributed by atoms with Crippen LogP contribution in [-0.4, -0.2) is 44.0 Å². The molecule has 6 heteroatoms. The molecule has 2 amide bonds. The lowest BCUT2D eigenvalue weighted by Crippen LogP contribution is -2.44. The number of ether oxygens (including phenoxy) is 2. The van der Waals surface area contributed by atoms with Gasteiger partial charge in [0.25, 0.3) is 0 Å². The van der Waals surface area contributed by atoms with Crippen LogP contribution in [0.25, 0.3) is 0 Å². The molecule has 0 radical (unpaired) electrons. The number of amides is 2. The lowest BCUT2D eigenvalue weighted by atomic mass is 9.98. The lowest BCUT2D eigenvalue weighted by Gasteiger charge is -2.31. The van der Waals surface area contributed by atoms with Crippen molar-refractivity contribution in [2.24, 2.45) is 0 Å². The van der Waals surface area contributed by atoms with E-state index in [1.165, 1.54) is 6.92 Å². The van der Waals surface area contributed by atoms with E-state index in [2.05, 4.69) is 0 Å². The van der Waals surface area contributed by atoms with E-state index in [0.717, 1.165) is 34.4 Å². The number of anilines is 1. The molecular formula is C23H28N2O4. The zero-order valence-electron chi connectivity index (χ0n) is 17.7. The molecule has 2 aromatic carbocycles. The Labute approximate surface area is 172 Å². The van der Waals surface area contributed by atoms with Crippen molar-refractivity contribution in [3.63, 3.8) is 0 Å². The number of carbonyl (C=O) groups excluding carboxylic acids is 2. The highest BCUT2D eigenvalue weighted by molar-refractivity contribution is 5.97. The first-order chi connectivity index (χ1) is 13.8. The molecule has 0 bridgehead atoms. The molecule has 3 rings (SSSR count). The summed E-state index contributed by atoms with van der Waals surface area (Å²) in [4.78, 5) is 28.6. The van der Waals surface area contributed by atoms with Gasteiger partial charge in [-0.2, -0.15) is 0 Å². The second-order valence-electron chi connectivity index (χ2n) is 7.49. The third-order valence-corrected chi connectivity index (χ3v) is 5.26. The van der Waals surface area contributed by atoms with Gasteiger partial charge in [-0.25, -0.2) is 0 Å². The van der Waals surface area contributed by atoms with Crippen LogP contribution in [0.15, 0.2) is 30.3 Å². The minimum absolute atomic E-state index is 0.0286. The molecule has 0 saturated carbocycles. The Hall–Kier alpha value is -3.02. The average molecular weight is 396 g/mol. The molecule has 0 N–H and O–H groups in total. The monoisotopic (exact) mass is 396 g/mol. The summed E-state index contributed by atoms with van der Waals surface area (Å²) in [5, 5.41) is 0. The number of aryl methyl sites for hydroxylation is 2. The highest BCUT2D eigenvalue weighted by Crippen LogP contribution is 2.33. The summed E-state index contributed by atoms with van der Waals surface area (Å²) in [6, 6.07) is 9.83. The maximum absolute atomic E-state index is 13.0. The smallest absolute Gasteiger partial charge is 0.242 e. The fourth-order valence-electron chi connectivity index (χ4n) is 3.82. The second-order valence-corrected chi connectivity index (χ2v) is 7.49. The largest absolute Gasteiger partial charge is 0.493 e. The Morgan fingerprint density at radius 3 is 2.10 bits per heavy atom. The topological polar surface area (TPSA) is 59.1 Å². The van der Waals surface area contributed by atoms with Crippen molar-refractivity contribution >= 4 is 17.5 Å². The van der Waals surface area contributed by atoms with E-state index < -0.39 is 0 Å². The van der Waals surface area contributed by atoms with Crippen molar-refractivity contribution in [1.29, 1.82) is 0 Å². The van der Waals surface area contributed by atoms with Gasteiger partial charge in [0.15, 0.2) is 11.5 Å². The first-order valence-electron chi connectivity index (χ1n) is 9.70. The Balaban J connectivity index is 1.79. The number of hydrogen-bond donors (Lipinski definition) is 0. The van der Waals surface area contributed by atoms with Crippen LogP contribution >= 0.6 is 0 Å². The van der Waals surface area contributed by atoms with Crippen molar-refractivity contribution in [3.05, 3.63) is 52.6 Å². The molecule has 0 aromatic heterocycles. The molecule has 1 aliphatic heterocycles. The van der Waals surface area contributed by atoms with Crippen molar-refractivity contribution in [2.45, 2.75) is 33.7 Å². The van der Waals surface area contributed by atoms with Gasteiger partial charge in [0.05, 0.1) is 14.2 Å². The van der Waals surface area contributed by atoms with Gasteiger partial charge in [0.2, 0.25) is 11.8 Å². The molecule has 1 heterocycles. The average Bonchev–Trinajstić information content (AvgIpc) is 2.69. The summed E-state index contributed by atoms with van der Waals surface area (Å²) in [6.07, 6.45) is 0.741. The Morgan fingerprint density at radius 1 is 0.966 bits per heavy atom. The van der Waals surface area contributed by atoms with Gasteiger partial charge in [-0.1, -0.05) is 6.07 Å². The molecule has 0 unspecified atom stereocenters. The predicted octanol–water partition coefficient (Wildman–Crippen LogP) is 3.26. The molecule has 0 atom stereocenters. The van der Waals surface area contributed by atoms with E-state index in [0.29, 0.717) is 24.6 Å². The third-order valence-electron chi connectivity index (χ3n) is 5.26. The summed E-state index contributed by atoms with van der Waals surface area (Å²) >= 11 is 0. The zero-order valence-corrected chi connectivity index (χ0v) is 17.7. The van der Waals surface area contributed by atoms with Crippen LogP contribution in [0.3, 0.4) is 0 Å². The van der Waals surface area contributed by atoms with Crippen LogP contribution < -0.4 is 14.4 Å². The summed E-state index contributed by atoms with van der Waals surface area (Å²) in [5.41, 5.74) is 5.08. The summed E-state index contributed by atoms with van der Waals surface area (Å²) in [5.74, 6) is 1.14. The van der Waals surface area contributed by atoms with Gasteiger partial charge >= 0.3 is 0 Å². The molecular weight excluding hydrogens is 368 g/mol. The maximum Gasteiger partial charge on any atom is 0.242 e. The molecule has 154 valence electrons. The SMILES string of the molecule is COc1cc2c(cc1OC)CN(C(=O)CN(C(C)=O)c1cc(C)cc(C)c1)CC2. The number of benzene rings is 2. The first-order valence-corrected chi connectivity index (χ1v) is 9.70. The van der Waals surface area contributed by atoms with E-state index in [9.17, 15) is 9.59 Å². The molecule has 1 aliphatic rings. The second kappa shape index (κ2) is 8.55. The van der Waals surface area contributed by atoms with E-state index in [-0.39, 0.29) is 18.4 Å². The number of methoxy groups -OCH3 is 2. The van der Waals surface area contributed by atoms with Crippen molar-refractivity contribution in [2.75, 3.05) is 32.2 Å². The Morgan fingerprint density at radius 2 is 1.55 bits per heavy atom. The van der Waals surface area contributed by atoms with E-state index >= 15 is 0 Å². The van der Waals surface area contributed by atoms with Crippen LogP contribution in [-0.2, 0) is 22.6 Å². The predicted molar refractivity (Wildman–Crippen MR) is 113 cm³/mol. The molecule has 0 fully saturated rings. The highest BCUT2D eigenvalue weighted by Gasteiger charge is 2.25. The van der Waals surface area contributed by atoms with Gasteiger partial charge in [-0.05, 0) is 66.8 Å². The fourth-order valence-corrected chi connectivity index (χ4v) is 3.82. The highest BCUT2D eigenvalue weighted by atomic mass is 16.5. The molecule has 0 aliphatic carbocycles. The number of hydrogen-bond acceptors (Lipinski definition) is 4. The Bertz CT molecular complexity index is 918. The van der Waals surface area contributed by atoms with Gasteiger partial charge in [0, 0.05) is 25.7 Å². The molecule has 0 saturated heterocycles. The van der Waals surface area contributed by atoms with Gasteiger partial charge in [0.1, 0.15) is 6.54 Å². The van der Waals surface area contributed by atoms with Gasteiger partial charge in [-0.3, -0.25) is 9.59 Å². The van der Waals surface area contributed by atoms with Crippen molar-refractivity contribution in [1.82, 2.24) is 4.90 Å². The van der Waals surface area contributed by atoms with Crippen LogP contribution in [0.5, 0.6) is 11.5 Å². The van der Waals surface area contributed by atoms with E-state index in [1.807, 2.05) is 44.2 Å². The first kappa shape index (κ1) is 20.7. The summed E-state index contributed by atoms with van der Waals surface area (Å²) in [6.45, 7) is 6.60. The summed E-state index contributed by atoms with van der Waals surface area (Å²) < 4.78 is 10.8. The van der Waals surface area contributed by atoms with Crippen LogP contribution in [0.4, 0.5) is 5.69 Å². The van der Waals surface area contributed by atoms with Crippen LogP contribution in [0, 0.1) is 13.8 Å². The van der Waals surface area contributed by atoms with E-state index in [1.54, 1.807) is 24.0 Å². The molecule has 0 spiro atoms. The zero-order chi connectivity index (χ0) is 21.1. The van der Waals surface area contributed by atoms with Gasteiger partial charge in [-0.15, -0.1) is 0 Å². The van der Waals surface area contributed by atoms with E-state index in [4.69, 9.17) is 9.47 Å². The van der Waals surface area contributed by atoms with Crippen molar-refractivity contribution < 1.29 is 19.1 Å². The number of carbonyl (C=O) groups is 2. The van der Waals surface area contributed by atoms with Crippen LogP contribution in [0.2, 0.25) is 0 Å². The number of fused-ring (bicyclic) bond motifs is 1. The van der Waals surface area contributed by atoms with Crippen LogP contribution in [0.1, 0.15) is 29.2 Å². The van der Waals surface area contributed by atoms with Crippen molar-refractivity contribution in [3.8, 4) is 11.5 Å². The van der Waals surface area contributed by atoms with Gasteiger partial charge < -0.3 is 19.3 Å². The quantitative estimate of drug-likeness (QED) is 0.778. The standard InChI is InChI=1S/C23H28N2O4/c1-15-8-16(2)10-20(9-15)25(17(3)26)14-23(27)24-7-6-18-11-21(28-4)22(29-5)12-19(18)13-24/h8-12H,6-7,13-14H2,1-5H3. The third kappa shape index (κ3) is 4.53. The number of nitrogens with zero attached hydrogens (tertiary/aromatic N) is 2. The maximum atomic E-state index is 13.0. The lowest BCUT2D eigenvalue weighted by molar-refractivity contribution is -0.132. The minimum atomic E-state index is -0.146. The normalized spacial score (nSPS) is 12.9. The molecule has 29 heavy (non-hydrogen) atoms. The molecule has 6 nitrogen and oxygen atoms in total. The number of rotatable bonds is 5.